The van der Waals surface area contributed by atoms with E-state index in [1.165, 1.54) is 0 Å². The van der Waals surface area contributed by atoms with Crippen LogP contribution in [0.2, 0.25) is 0 Å². The first-order chi connectivity index (χ1) is 7.18. The Morgan fingerprint density at radius 1 is 1.67 bits per heavy atom. The van der Waals surface area contributed by atoms with Gasteiger partial charge in [-0.2, -0.15) is 0 Å². The van der Waals surface area contributed by atoms with Gasteiger partial charge in [0.15, 0.2) is 0 Å². The van der Waals surface area contributed by atoms with Gasteiger partial charge in [0, 0.05) is 45.4 Å². The van der Waals surface area contributed by atoms with Crippen LogP contribution in [0.5, 0.6) is 0 Å². The van der Waals surface area contributed by atoms with E-state index in [0.717, 1.165) is 31.6 Å². The van der Waals surface area contributed by atoms with Crippen LogP contribution < -0.4 is 0 Å². The molecule has 1 aliphatic rings. The number of hydrogen-bond donors (Lipinski definition) is 0. The minimum absolute atomic E-state index is 0.187. The summed E-state index contributed by atoms with van der Waals surface area (Å²) < 4.78 is 2.02. The molecule has 2 rings (SSSR count). The highest BCUT2D eigenvalue weighted by Crippen LogP contribution is 2.20. The number of likely N-dealkylation sites (tertiary alicyclic amines) is 1. The van der Waals surface area contributed by atoms with Crippen LogP contribution in [0, 0.1) is 0 Å². The van der Waals surface area contributed by atoms with Gasteiger partial charge in [-0.15, -0.1) is 0 Å². The number of imidazole rings is 1. The maximum Gasteiger partial charge on any atom is 0.219 e. The molecule has 0 radical (unpaired) electrons. The maximum atomic E-state index is 11.4. The number of carbonyl (C=O) groups is 1. The highest BCUT2D eigenvalue weighted by Gasteiger charge is 2.27. The summed E-state index contributed by atoms with van der Waals surface area (Å²) in [6, 6.07) is 0.351. The maximum absolute atomic E-state index is 11.4. The van der Waals surface area contributed by atoms with E-state index < -0.39 is 0 Å². The van der Waals surface area contributed by atoms with Gasteiger partial charge in [0.25, 0.3) is 0 Å². The predicted molar refractivity (Wildman–Crippen MR) is 57.3 cm³/mol. The first-order valence-corrected chi connectivity index (χ1v) is 5.42. The van der Waals surface area contributed by atoms with Crippen LogP contribution in [0.3, 0.4) is 0 Å². The fourth-order valence-corrected chi connectivity index (χ4v) is 2.27. The van der Waals surface area contributed by atoms with Crippen LogP contribution in [-0.2, 0) is 18.3 Å². The van der Waals surface area contributed by atoms with Crippen molar-refractivity contribution in [2.24, 2.45) is 7.05 Å². The predicted octanol–water partition coefficient (Wildman–Crippen LogP) is 0.973. The quantitative estimate of drug-likeness (QED) is 0.725. The summed E-state index contributed by atoms with van der Waals surface area (Å²) in [4.78, 5) is 17.6. The summed E-state index contributed by atoms with van der Waals surface area (Å²) in [6.07, 6.45) is 6.86. The zero-order valence-corrected chi connectivity index (χ0v) is 9.31. The lowest BCUT2D eigenvalue weighted by Gasteiger charge is -2.22. The monoisotopic (exact) mass is 207 g/mol. The molecule has 15 heavy (non-hydrogen) atoms. The Morgan fingerprint density at radius 3 is 3.07 bits per heavy atom. The molecule has 0 aromatic carbocycles. The van der Waals surface area contributed by atoms with Crippen LogP contribution in [0.1, 0.15) is 25.6 Å². The SMILES string of the molecule is CC(=O)N1CCCC1Cc1nccn1C. The van der Waals surface area contributed by atoms with Gasteiger partial charge in [-0.05, 0) is 12.8 Å². The minimum Gasteiger partial charge on any atom is -0.340 e. The first-order valence-electron chi connectivity index (χ1n) is 5.42. The molecule has 1 aromatic rings. The summed E-state index contributed by atoms with van der Waals surface area (Å²) in [5.41, 5.74) is 0. The molecule has 1 aliphatic heterocycles. The van der Waals surface area contributed by atoms with Crippen molar-refractivity contribution in [2.75, 3.05) is 6.54 Å². The van der Waals surface area contributed by atoms with Crippen molar-refractivity contribution in [2.45, 2.75) is 32.2 Å². The summed E-state index contributed by atoms with van der Waals surface area (Å²) >= 11 is 0. The molecule has 1 aromatic heterocycles. The lowest BCUT2D eigenvalue weighted by atomic mass is 10.1. The van der Waals surface area contributed by atoms with E-state index in [-0.39, 0.29) is 5.91 Å². The normalized spacial score (nSPS) is 20.9. The standard InChI is InChI=1S/C11H17N3O/c1-9(15)14-6-3-4-10(14)8-11-12-5-7-13(11)2/h5,7,10H,3-4,6,8H2,1-2H3. The molecular formula is C11H17N3O. The first kappa shape index (κ1) is 10.2. The van der Waals surface area contributed by atoms with Gasteiger partial charge in [0.2, 0.25) is 5.91 Å². The molecular weight excluding hydrogens is 190 g/mol. The number of aryl methyl sites for hydroxylation is 1. The molecule has 0 N–H and O–H groups in total. The van der Waals surface area contributed by atoms with Crippen LogP contribution in [0.25, 0.3) is 0 Å². The van der Waals surface area contributed by atoms with Gasteiger partial charge < -0.3 is 9.47 Å². The Labute approximate surface area is 89.9 Å². The van der Waals surface area contributed by atoms with E-state index >= 15 is 0 Å². The van der Waals surface area contributed by atoms with Gasteiger partial charge >= 0.3 is 0 Å². The average molecular weight is 207 g/mol. The average Bonchev–Trinajstić information content (AvgIpc) is 2.77. The van der Waals surface area contributed by atoms with Crippen molar-refractivity contribution in [3.8, 4) is 0 Å². The molecule has 0 bridgehead atoms. The molecule has 4 heteroatoms. The smallest absolute Gasteiger partial charge is 0.219 e. The second-order valence-electron chi connectivity index (χ2n) is 4.17. The second-order valence-corrected chi connectivity index (χ2v) is 4.17. The summed E-state index contributed by atoms with van der Waals surface area (Å²) in [7, 11) is 2.00. The second kappa shape index (κ2) is 4.04. The Kier molecular flexibility index (Phi) is 2.75. The van der Waals surface area contributed by atoms with E-state index in [1.54, 1.807) is 6.92 Å². The molecule has 2 heterocycles. The highest BCUT2D eigenvalue weighted by molar-refractivity contribution is 5.73. The molecule has 1 saturated heterocycles. The number of rotatable bonds is 2. The number of nitrogens with zero attached hydrogens (tertiary/aromatic N) is 3. The topological polar surface area (TPSA) is 38.1 Å². The van der Waals surface area contributed by atoms with Crippen molar-refractivity contribution in [3.05, 3.63) is 18.2 Å². The van der Waals surface area contributed by atoms with Gasteiger partial charge in [-0.3, -0.25) is 4.79 Å². The summed E-state index contributed by atoms with van der Waals surface area (Å²) in [6.45, 7) is 2.56. The summed E-state index contributed by atoms with van der Waals surface area (Å²) in [5, 5.41) is 0. The number of aromatic nitrogens is 2. The Morgan fingerprint density at radius 2 is 2.47 bits per heavy atom. The molecule has 4 nitrogen and oxygen atoms in total. The fraction of sp³-hybridized carbons (Fsp3) is 0.636. The lowest BCUT2D eigenvalue weighted by Crippen LogP contribution is -2.35. The molecule has 1 amide bonds. The van der Waals surface area contributed by atoms with E-state index in [4.69, 9.17) is 0 Å². The van der Waals surface area contributed by atoms with Gasteiger partial charge in [0.1, 0.15) is 5.82 Å². The van der Waals surface area contributed by atoms with E-state index in [1.807, 2.05) is 28.9 Å². The van der Waals surface area contributed by atoms with Gasteiger partial charge in [-0.1, -0.05) is 0 Å². The zero-order chi connectivity index (χ0) is 10.8. The van der Waals surface area contributed by atoms with Crippen LogP contribution in [0.4, 0.5) is 0 Å². The lowest BCUT2D eigenvalue weighted by molar-refractivity contribution is -0.129. The van der Waals surface area contributed by atoms with E-state index in [9.17, 15) is 4.79 Å². The molecule has 0 saturated carbocycles. The van der Waals surface area contributed by atoms with Gasteiger partial charge in [0.05, 0.1) is 0 Å². The summed E-state index contributed by atoms with van der Waals surface area (Å²) in [5.74, 6) is 1.25. The van der Waals surface area contributed by atoms with Gasteiger partial charge in [-0.25, -0.2) is 4.98 Å². The minimum atomic E-state index is 0.187. The third-order valence-corrected chi connectivity index (χ3v) is 3.12. The zero-order valence-electron chi connectivity index (χ0n) is 9.31. The van der Waals surface area contributed by atoms with Crippen molar-refractivity contribution >= 4 is 5.91 Å². The largest absolute Gasteiger partial charge is 0.340 e. The Hall–Kier alpha value is -1.32. The Bertz CT molecular complexity index is 358. The third-order valence-electron chi connectivity index (χ3n) is 3.12. The number of hydrogen-bond acceptors (Lipinski definition) is 2. The number of carbonyl (C=O) groups excluding carboxylic acids is 1. The van der Waals surface area contributed by atoms with Crippen molar-refractivity contribution < 1.29 is 4.79 Å². The molecule has 1 unspecified atom stereocenters. The molecule has 1 fully saturated rings. The molecule has 0 spiro atoms. The molecule has 0 aliphatic carbocycles. The van der Waals surface area contributed by atoms with E-state index in [2.05, 4.69) is 4.98 Å². The van der Waals surface area contributed by atoms with Crippen LogP contribution in [-0.4, -0.2) is 32.9 Å². The van der Waals surface area contributed by atoms with Crippen molar-refractivity contribution in [1.82, 2.24) is 14.5 Å². The molecule has 1 atom stereocenters. The number of amides is 1. The fourth-order valence-electron chi connectivity index (χ4n) is 2.27. The van der Waals surface area contributed by atoms with Crippen molar-refractivity contribution in [1.29, 1.82) is 0 Å². The Balaban J connectivity index is 2.06. The molecule has 82 valence electrons. The third kappa shape index (κ3) is 2.03. The van der Waals surface area contributed by atoms with E-state index in [0.29, 0.717) is 6.04 Å². The van der Waals surface area contributed by atoms with Crippen molar-refractivity contribution in [3.63, 3.8) is 0 Å². The highest BCUT2D eigenvalue weighted by atomic mass is 16.2. The van der Waals surface area contributed by atoms with Crippen LogP contribution in [0.15, 0.2) is 12.4 Å². The van der Waals surface area contributed by atoms with Crippen LogP contribution >= 0.6 is 0 Å².